The molecule has 1 radical (unpaired) electrons. The van der Waals surface area contributed by atoms with Crippen molar-refractivity contribution in [2.45, 2.75) is 77.5 Å². The molecule has 1 rings (SSSR count). The molecule has 0 heterocycles. The SMILES string of the molecule is CCOP(=O)(OCC)C1(N([O])C(C)(C)C)CCCCC1. The summed E-state index contributed by atoms with van der Waals surface area (Å²) in [7, 11) is -3.46. The molecular formula is C14H29NO4P. The van der Waals surface area contributed by atoms with Crippen LogP contribution in [0.5, 0.6) is 0 Å². The van der Waals surface area contributed by atoms with Crippen LogP contribution in [0.2, 0.25) is 0 Å². The Kier molecular flexibility index (Phi) is 6.24. The van der Waals surface area contributed by atoms with Crippen LogP contribution >= 0.6 is 7.60 Å². The Morgan fingerprint density at radius 1 is 1.05 bits per heavy atom. The average Bonchev–Trinajstić information content (AvgIpc) is 2.38. The van der Waals surface area contributed by atoms with Gasteiger partial charge in [0.2, 0.25) is 0 Å². The van der Waals surface area contributed by atoms with Gasteiger partial charge >= 0.3 is 7.60 Å². The minimum absolute atomic E-state index is 0.289. The lowest BCUT2D eigenvalue weighted by molar-refractivity contribution is -0.263. The van der Waals surface area contributed by atoms with Crippen molar-refractivity contribution in [1.29, 1.82) is 0 Å². The molecule has 20 heavy (non-hydrogen) atoms. The van der Waals surface area contributed by atoms with E-state index in [4.69, 9.17) is 9.05 Å². The van der Waals surface area contributed by atoms with Crippen molar-refractivity contribution in [3.63, 3.8) is 0 Å². The van der Waals surface area contributed by atoms with E-state index < -0.39 is 18.4 Å². The maximum absolute atomic E-state index is 13.3. The number of hydrogen-bond acceptors (Lipinski definition) is 4. The summed E-state index contributed by atoms with van der Waals surface area (Å²) in [6, 6.07) is 0. The predicted octanol–water partition coefficient (Wildman–Crippen LogP) is 4.36. The minimum Gasteiger partial charge on any atom is -0.308 e. The maximum atomic E-state index is 13.3. The molecule has 6 heteroatoms. The van der Waals surface area contributed by atoms with Crippen LogP contribution in [0.1, 0.15) is 66.7 Å². The Morgan fingerprint density at radius 2 is 1.50 bits per heavy atom. The van der Waals surface area contributed by atoms with Crippen LogP contribution < -0.4 is 0 Å². The summed E-state index contributed by atoms with van der Waals surface area (Å²) in [5, 5.41) is 12.9. The molecule has 0 aromatic rings. The summed E-state index contributed by atoms with van der Waals surface area (Å²) in [6.07, 6.45) is 3.99. The van der Waals surface area contributed by atoms with Gasteiger partial charge in [0.25, 0.3) is 0 Å². The molecule has 5 nitrogen and oxygen atoms in total. The van der Waals surface area contributed by atoms with Gasteiger partial charge in [-0.25, -0.2) is 0 Å². The largest absolute Gasteiger partial charge is 0.353 e. The minimum atomic E-state index is -3.46. The third kappa shape index (κ3) is 3.45. The van der Waals surface area contributed by atoms with Gasteiger partial charge in [0.15, 0.2) is 5.28 Å². The Morgan fingerprint density at radius 3 is 1.85 bits per heavy atom. The fraction of sp³-hybridized carbons (Fsp3) is 1.00. The van der Waals surface area contributed by atoms with Crippen molar-refractivity contribution in [3.8, 4) is 0 Å². The second-order valence-electron chi connectivity index (χ2n) is 6.34. The van der Waals surface area contributed by atoms with Crippen LogP contribution in [0.25, 0.3) is 0 Å². The van der Waals surface area contributed by atoms with Crippen LogP contribution in [-0.4, -0.2) is 29.1 Å². The van der Waals surface area contributed by atoms with E-state index in [2.05, 4.69) is 0 Å². The molecule has 1 aliphatic carbocycles. The third-order valence-corrected chi connectivity index (χ3v) is 6.59. The van der Waals surface area contributed by atoms with Crippen molar-refractivity contribution in [1.82, 2.24) is 5.06 Å². The van der Waals surface area contributed by atoms with Crippen molar-refractivity contribution < 1.29 is 18.8 Å². The van der Waals surface area contributed by atoms with Gasteiger partial charge in [-0.15, -0.1) is 10.3 Å². The zero-order chi connectivity index (χ0) is 15.4. The number of rotatable bonds is 6. The highest BCUT2D eigenvalue weighted by Gasteiger charge is 2.58. The monoisotopic (exact) mass is 306 g/mol. The molecule has 0 spiro atoms. The van der Waals surface area contributed by atoms with Gasteiger partial charge in [-0.2, -0.15) is 0 Å². The summed E-state index contributed by atoms with van der Waals surface area (Å²) in [4.78, 5) is 0. The van der Waals surface area contributed by atoms with E-state index in [0.29, 0.717) is 12.8 Å². The second-order valence-corrected chi connectivity index (χ2v) is 8.69. The van der Waals surface area contributed by atoms with Crippen LogP contribution in [0, 0.1) is 0 Å². The van der Waals surface area contributed by atoms with E-state index in [9.17, 15) is 9.77 Å². The number of hydrogen-bond donors (Lipinski definition) is 0. The molecule has 0 atom stereocenters. The smallest absolute Gasteiger partial charge is 0.308 e. The first kappa shape index (κ1) is 18.1. The summed E-state index contributed by atoms with van der Waals surface area (Å²) in [6.45, 7) is 9.69. The van der Waals surface area contributed by atoms with E-state index in [1.807, 2.05) is 20.8 Å². The lowest BCUT2D eigenvalue weighted by Gasteiger charge is -2.48. The number of hydroxylamine groups is 2. The van der Waals surface area contributed by atoms with E-state index in [-0.39, 0.29) is 13.2 Å². The first-order chi connectivity index (χ1) is 9.23. The van der Waals surface area contributed by atoms with Gasteiger partial charge in [-0.3, -0.25) is 4.57 Å². The Bertz CT molecular complexity index is 338. The van der Waals surface area contributed by atoms with Gasteiger partial charge in [0, 0.05) is 5.54 Å². The van der Waals surface area contributed by atoms with Crippen molar-refractivity contribution in [3.05, 3.63) is 0 Å². The highest BCUT2D eigenvalue weighted by Crippen LogP contribution is 2.67. The maximum Gasteiger partial charge on any atom is 0.353 e. The standard InChI is InChI=1S/C14H29NO4P/c1-6-18-20(17,19-7-2)14(11-9-8-10-12-14)15(16)13(3,4)5/h6-12H2,1-5H3. The molecule has 0 amide bonds. The van der Waals surface area contributed by atoms with E-state index >= 15 is 0 Å². The normalized spacial score (nSPS) is 20.4. The summed E-state index contributed by atoms with van der Waals surface area (Å²) < 4.78 is 24.3. The third-order valence-electron chi connectivity index (χ3n) is 3.75. The predicted molar refractivity (Wildman–Crippen MR) is 79.0 cm³/mol. The highest BCUT2D eigenvalue weighted by atomic mass is 31.2. The zero-order valence-electron chi connectivity index (χ0n) is 13.5. The van der Waals surface area contributed by atoms with Gasteiger partial charge in [0.1, 0.15) is 0 Å². The molecule has 0 bridgehead atoms. The number of nitrogens with zero attached hydrogens (tertiary/aromatic N) is 1. The average molecular weight is 306 g/mol. The molecule has 0 saturated heterocycles. The summed E-state index contributed by atoms with van der Waals surface area (Å²) >= 11 is 0. The Labute approximate surface area is 123 Å². The van der Waals surface area contributed by atoms with Crippen LogP contribution in [0.15, 0.2) is 0 Å². The van der Waals surface area contributed by atoms with Gasteiger partial charge in [0.05, 0.1) is 13.2 Å². The van der Waals surface area contributed by atoms with E-state index in [1.165, 1.54) is 0 Å². The molecule has 0 aromatic carbocycles. The summed E-state index contributed by atoms with van der Waals surface area (Å²) in [5.74, 6) is 0. The molecule has 0 unspecified atom stereocenters. The van der Waals surface area contributed by atoms with Crippen LogP contribution in [0.4, 0.5) is 0 Å². The molecule has 1 fully saturated rings. The molecule has 0 aliphatic heterocycles. The molecular weight excluding hydrogens is 277 g/mol. The van der Waals surface area contributed by atoms with Crippen molar-refractivity contribution >= 4 is 7.60 Å². The summed E-state index contributed by atoms with van der Waals surface area (Å²) in [5.41, 5.74) is -0.624. The lowest BCUT2D eigenvalue weighted by Crippen LogP contribution is -2.55. The molecule has 1 saturated carbocycles. The van der Waals surface area contributed by atoms with Crippen molar-refractivity contribution in [2.75, 3.05) is 13.2 Å². The van der Waals surface area contributed by atoms with Crippen molar-refractivity contribution in [2.24, 2.45) is 0 Å². The van der Waals surface area contributed by atoms with Crippen LogP contribution in [-0.2, 0) is 18.8 Å². The fourth-order valence-corrected chi connectivity index (χ4v) is 5.57. The second kappa shape index (κ2) is 6.89. The lowest BCUT2D eigenvalue weighted by atomic mass is 9.92. The van der Waals surface area contributed by atoms with Crippen LogP contribution in [0.3, 0.4) is 0 Å². The highest BCUT2D eigenvalue weighted by molar-refractivity contribution is 7.55. The van der Waals surface area contributed by atoms with Gasteiger partial charge < -0.3 is 9.05 Å². The topological polar surface area (TPSA) is 58.7 Å². The molecule has 1 aliphatic rings. The van der Waals surface area contributed by atoms with Gasteiger partial charge in [-0.1, -0.05) is 19.3 Å². The fourth-order valence-electron chi connectivity index (χ4n) is 2.95. The Hall–Kier alpha value is 0.0700. The first-order valence-electron chi connectivity index (χ1n) is 7.60. The van der Waals surface area contributed by atoms with E-state index in [0.717, 1.165) is 24.3 Å². The molecule has 0 N–H and O–H groups in total. The first-order valence-corrected chi connectivity index (χ1v) is 9.14. The molecule has 0 aromatic heterocycles. The quantitative estimate of drug-likeness (QED) is 0.540. The Balaban J connectivity index is 3.24. The van der Waals surface area contributed by atoms with Gasteiger partial charge in [-0.05, 0) is 47.5 Å². The zero-order valence-corrected chi connectivity index (χ0v) is 14.4. The molecule has 119 valence electrons. The van der Waals surface area contributed by atoms with E-state index in [1.54, 1.807) is 13.8 Å².